The van der Waals surface area contributed by atoms with Crippen LogP contribution < -0.4 is 5.32 Å². The third kappa shape index (κ3) is 3.92. The topological polar surface area (TPSA) is 66.4 Å². The Kier molecular flexibility index (Phi) is 3.28. The van der Waals surface area contributed by atoms with Gasteiger partial charge in [-0.2, -0.15) is 0 Å². The molecule has 0 heterocycles. The molecular formula is C9H15NO3. The predicted octanol–water partition coefficient (Wildman–Crippen LogP) is 0.623. The summed E-state index contributed by atoms with van der Waals surface area (Å²) in [6.07, 6.45) is 1.20. The second-order valence-corrected chi connectivity index (χ2v) is 3.67. The maximum atomic E-state index is 11.0. The molecule has 1 saturated carbocycles. The maximum Gasteiger partial charge on any atom is 0.303 e. The SMILES string of the molecule is CC1CC1CNC(=O)CCC(=O)O. The van der Waals surface area contributed by atoms with Gasteiger partial charge in [0.15, 0.2) is 0 Å². The summed E-state index contributed by atoms with van der Waals surface area (Å²) in [7, 11) is 0. The zero-order valence-electron chi connectivity index (χ0n) is 7.75. The molecule has 13 heavy (non-hydrogen) atoms. The van der Waals surface area contributed by atoms with Crippen molar-refractivity contribution in [3.05, 3.63) is 0 Å². The maximum absolute atomic E-state index is 11.0. The normalized spacial score (nSPS) is 25.3. The van der Waals surface area contributed by atoms with Crippen LogP contribution in [0.4, 0.5) is 0 Å². The van der Waals surface area contributed by atoms with Gasteiger partial charge in [0.1, 0.15) is 0 Å². The molecule has 0 saturated heterocycles. The van der Waals surface area contributed by atoms with Crippen molar-refractivity contribution in [2.24, 2.45) is 11.8 Å². The Labute approximate surface area is 77.3 Å². The average Bonchev–Trinajstić information content (AvgIpc) is 2.75. The average molecular weight is 185 g/mol. The van der Waals surface area contributed by atoms with E-state index < -0.39 is 5.97 Å². The van der Waals surface area contributed by atoms with Crippen LogP contribution in [0.25, 0.3) is 0 Å². The van der Waals surface area contributed by atoms with E-state index in [-0.39, 0.29) is 18.7 Å². The highest BCUT2D eigenvalue weighted by Gasteiger charge is 2.32. The Morgan fingerprint density at radius 1 is 1.46 bits per heavy atom. The number of hydrogen-bond donors (Lipinski definition) is 2. The molecule has 1 amide bonds. The van der Waals surface area contributed by atoms with Gasteiger partial charge in [-0.1, -0.05) is 6.92 Å². The van der Waals surface area contributed by atoms with Crippen LogP contribution in [0.3, 0.4) is 0 Å². The summed E-state index contributed by atoms with van der Waals surface area (Å²) < 4.78 is 0. The molecule has 4 heteroatoms. The molecule has 0 radical (unpaired) electrons. The summed E-state index contributed by atoms with van der Waals surface area (Å²) in [6, 6.07) is 0. The lowest BCUT2D eigenvalue weighted by molar-refractivity contribution is -0.138. The van der Waals surface area contributed by atoms with Gasteiger partial charge in [-0.3, -0.25) is 9.59 Å². The first kappa shape index (κ1) is 10.0. The minimum absolute atomic E-state index is 0.0773. The first-order chi connectivity index (χ1) is 6.09. The lowest BCUT2D eigenvalue weighted by Crippen LogP contribution is -2.26. The van der Waals surface area contributed by atoms with Gasteiger partial charge in [-0.25, -0.2) is 0 Å². The van der Waals surface area contributed by atoms with Crippen LogP contribution in [-0.2, 0) is 9.59 Å². The standard InChI is InChI=1S/C9H15NO3/c1-6-4-7(6)5-10-8(11)2-3-9(12)13/h6-7H,2-5H2,1H3,(H,10,11)(H,12,13). The van der Waals surface area contributed by atoms with Crippen molar-refractivity contribution in [3.8, 4) is 0 Å². The predicted molar refractivity (Wildman–Crippen MR) is 47.2 cm³/mol. The fourth-order valence-electron chi connectivity index (χ4n) is 1.24. The Morgan fingerprint density at radius 3 is 2.54 bits per heavy atom. The second kappa shape index (κ2) is 4.25. The Bertz CT molecular complexity index is 215. The molecule has 1 aliphatic carbocycles. The van der Waals surface area contributed by atoms with Gasteiger partial charge >= 0.3 is 5.97 Å². The Hall–Kier alpha value is -1.06. The number of carbonyl (C=O) groups is 2. The molecule has 2 atom stereocenters. The Balaban J connectivity index is 2.01. The van der Waals surface area contributed by atoms with Crippen molar-refractivity contribution in [1.29, 1.82) is 0 Å². The fourth-order valence-corrected chi connectivity index (χ4v) is 1.24. The van der Waals surface area contributed by atoms with Crippen LogP contribution >= 0.6 is 0 Å². The van der Waals surface area contributed by atoms with Crippen LogP contribution in [0, 0.1) is 11.8 Å². The van der Waals surface area contributed by atoms with Gasteiger partial charge in [0.25, 0.3) is 0 Å². The number of hydrogen-bond acceptors (Lipinski definition) is 2. The van der Waals surface area contributed by atoms with Crippen LogP contribution in [0.5, 0.6) is 0 Å². The van der Waals surface area contributed by atoms with Crippen molar-refractivity contribution in [1.82, 2.24) is 5.32 Å². The minimum atomic E-state index is -0.921. The zero-order valence-corrected chi connectivity index (χ0v) is 7.75. The molecule has 2 N–H and O–H groups in total. The van der Waals surface area contributed by atoms with Gasteiger partial charge in [0, 0.05) is 13.0 Å². The van der Waals surface area contributed by atoms with E-state index in [1.54, 1.807) is 0 Å². The smallest absolute Gasteiger partial charge is 0.303 e. The molecule has 1 aliphatic rings. The van der Waals surface area contributed by atoms with E-state index in [9.17, 15) is 9.59 Å². The number of carboxylic acid groups (broad SMARTS) is 1. The van der Waals surface area contributed by atoms with E-state index >= 15 is 0 Å². The minimum Gasteiger partial charge on any atom is -0.481 e. The Morgan fingerprint density at radius 2 is 2.08 bits per heavy atom. The number of carbonyl (C=O) groups excluding carboxylic acids is 1. The van der Waals surface area contributed by atoms with E-state index in [1.807, 2.05) is 0 Å². The molecule has 0 aromatic carbocycles. The highest BCUT2D eigenvalue weighted by Crippen LogP contribution is 2.36. The molecule has 0 aliphatic heterocycles. The molecule has 0 spiro atoms. The summed E-state index contributed by atoms with van der Waals surface area (Å²) in [5, 5.41) is 11.0. The zero-order chi connectivity index (χ0) is 9.84. The van der Waals surface area contributed by atoms with Gasteiger partial charge in [0.05, 0.1) is 6.42 Å². The van der Waals surface area contributed by atoms with E-state index in [2.05, 4.69) is 12.2 Å². The number of carboxylic acids is 1. The molecule has 0 bridgehead atoms. The molecule has 1 fully saturated rings. The summed E-state index contributed by atoms with van der Waals surface area (Å²) in [6.45, 7) is 2.85. The van der Waals surface area contributed by atoms with E-state index in [0.29, 0.717) is 12.5 Å². The lowest BCUT2D eigenvalue weighted by atomic mass is 10.3. The van der Waals surface area contributed by atoms with Gasteiger partial charge in [-0.05, 0) is 18.3 Å². The first-order valence-corrected chi connectivity index (χ1v) is 4.58. The highest BCUT2D eigenvalue weighted by molar-refractivity contribution is 5.80. The second-order valence-electron chi connectivity index (χ2n) is 3.67. The van der Waals surface area contributed by atoms with Crippen molar-refractivity contribution in [2.45, 2.75) is 26.2 Å². The summed E-state index contributed by atoms with van der Waals surface area (Å²) in [5.41, 5.74) is 0. The fraction of sp³-hybridized carbons (Fsp3) is 0.778. The third-order valence-corrected chi connectivity index (χ3v) is 2.40. The van der Waals surface area contributed by atoms with E-state index in [0.717, 1.165) is 5.92 Å². The summed E-state index contributed by atoms with van der Waals surface area (Å²) in [4.78, 5) is 21.1. The van der Waals surface area contributed by atoms with E-state index in [4.69, 9.17) is 5.11 Å². The van der Waals surface area contributed by atoms with Gasteiger partial charge in [0.2, 0.25) is 5.91 Å². The molecule has 1 rings (SSSR count). The number of rotatable bonds is 5. The molecule has 0 aromatic heterocycles. The molecular weight excluding hydrogens is 170 g/mol. The van der Waals surface area contributed by atoms with Crippen molar-refractivity contribution in [2.75, 3.05) is 6.54 Å². The number of aliphatic carboxylic acids is 1. The summed E-state index contributed by atoms with van der Waals surface area (Å²) >= 11 is 0. The number of amides is 1. The molecule has 74 valence electrons. The van der Waals surface area contributed by atoms with Gasteiger partial charge in [-0.15, -0.1) is 0 Å². The van der Waals surface area contributed by atoms with Crippen LogP contribution in [0.1, 0.15) is 26.2 Å². The van der Waals surface area contributed by atoms with Crippen molar-refractivity contribution < 1.29 is 14.7 Å². The molecule has 4 nitrogen and oxygen atoms in total. The first-order valence-electron chi connectivity index (χ1n) is 4.58. The number of nitrogens with one attached hydrogen (secondary N) is 1. The molecule has 0 aromatic rings. The summed E-state index contributed by atoms with van der Waals surface area (Å²) in [5.74, 6) is 0.269. The van der Waals surface area contributed by atoms with E-state index in [1.165, 1.54) is 6.42 Å². The van der Waals surface area contributed by atoms with Crippen LogP contribution in [-0.4, -0.2) is 23.5 Å². The largest absolute Gasteiger partial charge is 0.481 e. The van der Waals surface area contributed by atoms with Crippen molar-refractivity contribution >= 4 is 11.9 Å². The van der Waals surface area contributed by atoms with Crippen LogP contribution in [0.2, 0.25) is 0 Å². The van der Waals surface area contributed by atoms with Crippen LogP contribution in [0.15, 0.2) is 0 Å². The van der Waals surface area contributed by atoms with Crippen molar-refractivity contribution in [3.63, 3.8) is 0 Å². The quantitative estimate of drug-likeness (QED) is 0.660. The third-order valence-electron chi connectivity index (χ3n) is 2.40. The monoisotopic (exact) mass is 185 g/mol. The molecule has 2 unspecified atom stereocenters. The van der Waals surface area contributed by atoms with Gasteiger partial charge < -0.3 is 10.4 Å². The highest BCUT2D eigenvalue weighted by atomic mass is 16.4. The lowest BCUT2D eigenvalue weighted by Gasteiger charge is -2.01.